The number of carboxylic acids is 2. The van der Waals surface area contributed by atoms with Gasteiger partial charge in [-0.3, -0.25) is 0 Å². The Bertz CT molecular complexity index is 1440. The van der Waals surface area contributed by atoms with E-state index >= 15 is 0 Å². The highest BCUT2D eigenvalue weighted by Crippen LogP contribution is 2.30. The third-order valence-electron chi connectivity index (χ3n) is 6.74. The van der Waals surface area contributed by atoms with Crippen molar-refractivity contribution in [2.45, 2.75) is 38.5 Å². The fourth-order valence-electron chi connectivity index (χ4n) is 4.57. The average Bonchev–Trinajstić information content (AvgIpc) is 3.47. The molecular formula is C33H30O6. The zero-order valence-electron chi connectivity index (χ0n) is 21.8. The third-order valence-corrected chi connectivity index (χ3v) is 6.74. The summed E-state index contributed by atoms with van der Waals surface area (Å²) < 4.78 is 11.8. The van der Waals surface area contributed by atoms with E-state index in [1.165, 1.54) is 49.9 Å². The minimum atomic E-state index is -0.986. The molecule has 1 aliphatic rings. The van der Waals surface area contributed by atoms with Crippen molar-refractivity contribution >= 4 is 11.9 Å². The lowest BCUT2D eigenvalue weighted by molar-refractivity contribution is 0.0686. The molecule has 0 saturated heterocycles. The van der Waals surface area contributed by atoms with Gasteiger partial charge in [0, 0.05) is 23.3 Å². The van der Waals surface area contributed by atoms with Crippen molar-refractivity contribution in [1.82, 2.24) is 0 Å². The summed E-state index contributed by atoms with van der Waals surface area (Å²) in [5, 5.41) is 18.2. The molecule has 2 N–H and O–H groups in total. The van der Waals surface area contributed by atoms with Gasteiger partial charge in [0.15, 0.2) is 0 Å². The molecule has 6 nitrogen and oxygen atoms in total. The third kappa shape index (κ3) is 7.66. The number of hydrogen-bond acceptors (Lipinski definition) is 4. The van der Waals surface area contributed by atoms with Gasteiger partial charge in [0.2, 0.25) is 0 Å². The maximum atomic E-state index is 11.1. The van der Waals surface area contributed by atoms with Crippen LogP contribution in [0.25, 0.3) is 0 Å². The maximum Gasteiger partial charge on any atom is 0.335 e. The van der Waals surface area contributed by atoms with Crippen LogP contribution in [0.4, 0.5) is 0 Å². The molecule has 0 unspecified atom stereocenters. The molecular weight excluding hydrogens is 492 g/mol. The summed E-state index contributed by atoms with van der Waals surface area (Å²) in [6.07, 6.45) is 7.33. The number of rotatable bonds is 8. The molecule has 1 aliphatic carbocycles. The van der Waals surface area contributed by atoms with Gasteiger partial charge in [-0.15, -0.1) is 0 Å². The van der Waals surface area contributed by atoms with Crippen LogP contribution in [0.2, 0.25) is 0 Å². The Labute approximate surface area is 228 Å². The second-order valence-corrected chi connectivity index (χ2v) is 9.45. The Kier molecular flexibility index (Phi) is 9.27. The van der Waals surface area contributed by atoms with Crippen molar-refractivity contribution in [3.63, 3.8) is 0 Å². The summed E-state index contributed by atoms with van der Waals surface area (Å²) >= 11 is 0. The van der Waals surface area contributed by atoms with Crippen molar-refractivity contribution in [3.8, 4) is 35.2 Å². The van der Waals surface area contributed by atoms with Crippen molar-refractivity contribution in [2.24, 2.45) is 5.92 Å². The van der Waals surface area contributed by atoms with Crippen LogP contribution in [-0.4, -0.2) is 35.9 Å². The highest BCUT2D eigenvalue weighted by Gasteiger charge is 2.15. The fourth-order valence-corrected chi connectivity index (χ4v) is 4.57. The minimum absolute atomic E-state index is 0.201. The SMILES string of the molecule is COc1cc(C#Cc2ccc(C(=O)O)cc2)c(OCCCC2CCCC2)cc1C#Cc1ccc(C(=O)O)cc1. The van der Waals surface area contributed by atoms with Crippen LogP contribution in [0.5, 0.6) is 11.5 Å². The van der Waals surface area contributed by atoms with E-state index in [4.69, 9.17) is 19.7 Å². The summed E-state index contributed by atoms with van der Waals surface area (Å²) in [7, 11) is 1.56. The second-order valence-electron chi connectivity index (χ2n) is 9.45. The van der Waals surface area contributed by atoms with Crippen molar-refractivity contribution in [1.29, 1.82) is 0 Å². The zero-order valence-corrected chi connectivity index (χ0v) is 21.8. The highest BCUT2D eigenvalue weighted by atomic mass is 16.5. The quantitative estimate of drug-likeness (QED) is 0.269. The lowest BCUT2D eigenvalue weighted by atomic mass is 10.0. The summed E-state index contributed by atoms with van der Waals surface area (Å²) in [6, 6.07) is 16.4. The van der Waals surface area contributed by atoms with Crippen LogP contribution in [0.15, 0.2) is 60.7 Å². The lowest BCUT2D eigenvalue weighted by Gasteiger charge is -2.13. The Morgan fingerprint density at radius 1 is 0.769 bits per heavy atom. The molecule has 1 fully saturated rings. The fraction of sp³-hybridized carbons (Fsp3) is 0.273. The molecule has 0 aliphatic heterocycles. The number of methoxy groups -OCH3 is 1. The van der Waals surface area contributed by atoms with E-state index < -0.39 is 11.9 Å². The Hall–Kier alpha value is -4.68. The van der Waals surface area contributed by atoms with Gasteiger partial charge >= 0.3 is 11.9 Å². The molecule has 3 aromatic rings. The normalized spacial score (nSPS) is 12.5. The predicted molar refractivity (Wildman–Crippen MR) is 148 cm³/mol. The van der Waals surface area contributed by atoms with Crippen LogP contribution in [-0.2, 0) is 0 Å². The molecule has 39 heavy (non-hydrogen) atoms. The summed E-state index contributed by atoms with van der Waals surface area (Å²) in [4.78, 5) is 22.2. The molecule has 0 amide bonds. The van der Waals surface area contributed by atoms with Crippen LogP contribution in [0.1, 0.15) is 81.5 Å². The summed E-state index contributed by atoms with van der Waals surface area (Å²) in [5.74, 6) is 12.4. The smallest absolute Gasteiger partial charge is 0.335 e. The van der Waals surface area contributed by atoms with Crippen molar-refractivity contribution < 1.29 is 29.3 Å². The van der Waals surface area contributed by atoms with E-state index in [2.05, 4.69) is 23.7 Å². The number of carboxylic acid groups (broad SMARTS) is 2. The molecule has 6 heteroatoms. The lowest BCUT2D eigenvalue weighted by Crippen LogP contribution is -2.03. The molecule has 0 radical (unpaired) electrons. The van der Waals surface area contributed by atoms with Crippen molar-refractivity contribution in [2.75, 3.05) is 13.7 Å². The first-order valence-electron chi connectivity index (χ1n) is 13.0. The molecule has 0 aromatic heterocycles. The van der Waals surface area contributed by atoms with Gasteiger partial charge in [-0.1, -0.05) is 49.4 Å². The first-order chi connectivity index (χ1) is 18.9. The molecule has 0 atom stereocenters. The largest absolute Gasteiger partial charge is 0.495 e. The Morgan fingerprint density at radius 2 is 1.26 bits per heavy atom. The van der Waals surface area contributed by atoms with Crippen LogP contribution in [0, 0.1) is 29.6 Å². The van der Waals surface area contributed by atoms with Gasteiger partial charge in [-0.25, -0.2) is 9.59 Å². The topological polar surface area (TPSA) is 93.1 Å². The zero-order chi connectivity index (χ0) is 27.6. The van der Waals surface area contributed by atoms with Gasteiger partial charge < -0.3 is 19.7 Å². The van der Waals surface area contributed by atoms with Gasteiger partial charge in [-0.2, -0.15) is 0 Å². The van der Waals surface area contributed by atoms with Gasteiger partial charge in [0.05, 0.1) is 36.0 Å². The van der Waals surface area contributed by atoms with E-state index in [9.17, 15) is 9.59 Å². The van der Waals surface area contributed by atoms with Crippen LogP contribution >= 0.6 is 0 Å². The predicted octanol–water partition coefficient (Wildman–Crippen LogP) is 6.24. The van der Waals surface area contributed by atoms with Crippen LogP contribution in [0.3, 0.4) is 0 Å². The first kappa shape index (κ1) is 27.4. The molecule has 3 aromatic carbocycles. The number of benzene rings is 3. The number of carbonyl (C=O) groups is 2. The molecule has 198 valence electrons. The Morgan fingerprint density at radius 3 is 1.74 bits per heavy atom. The van der Waals surface area contributed by atoms with Gasteiger partial charge in [-0.05, 0) is 67.3 Å². The van der Waals surface area contributed by atoms with Gasteiger partial charge in [0.25, 0.3) is 0 Å². The standard InChI is InChI=1S/C33H30O6/c1-38-30-21-29(19-13-25-10-16-27(17-11-25)33(36)37)31(39-20-4-7-23-5-2-3-6-23)22-28(30)18-12-24-8-14-26(15-9-24)32(34)35/h8-11,14-17,21-23H,2-7,20H2,1H3,(H,34,35)(H,36,37). The average molecular weight is 523 g/mol. The van der Waals surface area contributed by atoms with Gasteiger partial charge in [0.1, 0.15) is 11.5 Å². The van der Waals surface area contributed by atoms with E-state index in [0.29, 0.717) is 40.4 Å². The number of ether oxygens (including phenoxy) is 2. The summed E-state index contributed by atoms with van der Waals surface area (Å²) in [5.41, 5.74) is 3.03. The molecule has 1 saturated carbocycles. The number of aromatic carboxylic acids is 2. The number of hydrogen-bond donors (Lipinski definition) is 2. The molecule has 4 rings (SSSR count). The first-order valence-corrected chi connectivity index (χ1v) is 13.0. The second kappa shape index (κ2) is 13.2. The van der Waals surface area contributed by atoms with E-state index in [-0.39, 0.29) is 11.1 Å². The summed E-state index contributed by atoms with van der Waals surface area (Å²) in [6.45, 7) is 0.564. The monoisotopic (exact) mass is 522 g/mol. The highest BCUT2D eigenvalue weighted by molar-refractivity contribution is 5.88. The minimum Gasteiger partial charge on any atom is -0.495 e. The maximum absolute atomic E-state index is 11.1. The Balaban J connectivity index is 1.60. The molecule has 0 heterocycles. The van der Waals surface area contributed by atoms with E-state index in [1.807, 2.05) is 6.07 Å². The van der Waals surface area contributed by atoms with E-state index in [1.54, 1.807) is 37.4 Å². The van der Waals surface area contributed by atoms with Crippen LogP contribution < -0.4 is 9.47 Å². The van der Waals surface area contributed by atoms with Crippen molar-refractivity contribution in [3.05, 3.63) is 94.0 Å². The molecule has 0 spiro atoms. The van der Waals surface area contributed by atoms with E-state index in [0.717, 1.165) is 18.8 Å². The molecule has 0 bridgehead atoms.